The fourth-order valence-corrected chi connectivity index (χ4v) is 4.68. The van der Waals surface area contributed by atoms with Crippen LogP contribution in [-0.2, 0) is 11.2 Å². The van der Waals surface area contributed by atoms with Crippen molar-refractivity contribution in [3.8, 4) is 23.0 Å². The quantitative estimate of drug-likeness (QED) is 0.214. The Morgan fingerprint density at radius 3 is 2.54 bits per heavy atom. The number of aromatic hydroxyl groups is 1. The van der Waals surface area contributed by atoms with Gasteiger partial charge in [0.1, 0.15) is 28.2 Å². The molecule has 1 saturated heterocycles. The second-order valence-corrected chi connectivity index (χ2v) is 10.2. The van der Waals surface area contributed by atoms with Gasteiger partial charge in [-0.1, -0.05) is 35.9 Å². The van der Waals surface area contributed by atoms with Crippen molar-refractivity contribution >= 4 is 23.0 Å². The van der Waals surface area contributed by atoms with Gasteiger partial charge in [0.2, 0.25) is 12.7 Å². The van der Waals surface area contributed by atoms with Gasteiger partial charge in [0, 0.05) is 36.9 Å². The number of rotatable bonds is 6. The third kappa shape index (κ3) is 7.60. The Kier molecular flexibility index (Phi) is 9.90. The summed E-state index contributed by atoms with van der Waals surface area (Å²) >= 11 is 0. The van der Waals surface area contributed by atoms with Crippen molar-refractivity contribution < 1.29 is 28.5 Å². The number of amides is 1. The average molecular weight is 560 g/mol. The van der Waals surface area contributed by atoms with Crippen LogP contribution in [0.25, 0.3) is 17.0 Å². The molecule has 0 bridgehead atoms. The first-order valence-electron chi connectivity index (χ1n) is 13.8. The molecule has 5 rings (SSSR count). The number of allylic oxidation sites excluding steroid dienone is 4. The number of benzene rings is 2. The van der Waals surface area contributed by atoms with Gasteiger partial charge in [-0.25, -0.2) is 0 Å². The van der Waals surface area contributed by atoms with Gasteiger partial charge in [0.05, 0.1) is 7.11 Å². The third-order valence-corrected chi connectivity index (χ3v) is 6.80. The monoisotopic (exact) mass is 559 g/mol. The van der Waals surface area contributed by atoms with Crippen molar-refractivity contribution in [2.75, 3.05) is 27.0 Å². The molecule has 8 heteroatoms. The maximum atomic E-state index is 12.0. The molecule has 2 aromatic carbocycles. The minimum Gasteiger partial charge on any atom is -0.507 e. The van der Waals surface area contributed by atoms with Gasteiger partial charge in [0.25, 0.3) is 0 Å². The molecule has 0 saturated carbocycles. The summed E-state index contributed by atoms with van der Waals surface area (Å²) in [7, 11) is 1.53. The number of ether oxygens (including phenoxy) is 3. The summed E-state index contributed by atoms with van der Waals surface area (Å²) in [5, 5.41) is 10.2. The first-order valence-corrected chi connectivity index (χ1v) is 13.8. The van der Waals surface area contributed by atoms with Crippen LogP contribution in [0.3, 0.4) is 0 Å². The smallest absolute Gasteiger partial charge is 0.246 e. The van der Waals surface area contributed by atoms with Crippen molar-refractivity contribution in [1.29, 1.82) is 0 Å². The first kappa shape index (κ1) is 29.5. The summed E-state index contributed by atoms with van der Waals surface area (Å²) in [5.74, 6) is 2.56. The van der Waals surface area contributed by atoms with Crippen molar-refractivity contribution in [3.05, 3.63) is 87.3 Å². The molecule has 1 fully saturated rings. The Labute approximate surface area is 240 Å². The Bertz CT molecular complexity index is 1540. The van der Waals surface area contributed by atoms with Gasteiger partial charge in [-0.05, 0) is 64.2 Å². The van der Waals surface area contributed by atoms with Crippen molar-refractivity contribution in [2.24, 2.45) is 0 Å². The maximum absolute atomic E-state index is 12.0. The predicted octanol–water partition coefficient (Wildman–Crippen LogP) is 6.32. The van der Waals surface area contributed by atoms with Crippen molar-refractivity contribution in [3.63, 3.8) is 0 Å². The van der Waals surface area contributed by atoms with E-state index in [1.807, 2.05) is 55.2 Å². The first-order chi connectivity index (χ1) is 19.8. The minimum absolute atomic E-state index is 0.102. The van der Waals surface area contributed by atoms with Crippen LogP contribution < -0.4 is 19.6 Å². The van der Waals surface area contributed by atoms with Crippen LogP contribution in [-0.4, -0.2) is 42.9 Å². The lowest BCUT2D eigenvalue weighted by Gasteiger charge is -2.25. The molecule has 0 unspecified atom stereocenters. The largest absolute Gasteiger partial charge is 0.507 e. The number of hydrogen-bond donors (Lipinski definition) is 1. The number of carbonyl (C=O) groups excluding carboxylic acids is 1. The van der Waals surface area contributed by atoms with E-state index in [9.17, 15) is 14.7 Å². The summed E-state index contributed by atoms with van der Waals surface area (Å²) in [5.41, 5.74) is 3.09. The van der Waals surface area contributed by atoms with E-state index in [0.29, 0.717) is 23.5 Å². The van der Waals surface area contributed by atoms with Gasteiger partial charge >= 0.3 is 0 Å². The van der Waals surface area contributed by atoms with Gasteiger partial charge in [-0.2, -0.15) is 0 Å². The second kappa shape index (κ2) is 13.7. The fourth-order valence-electron chi connectivity index (χ4n) is 4.68. The molecule has 216 valence electrons. The van der Waals surface area contributed by atoms with E-state index < -0.39 is 0 Å². The standard InChI is InChI=1S/C17H19NO3.C16H18O4/c19-17(18-10-4-1-5-11-18)7-3-2-6-14-8-9-15-16(12-14)21-13-20-15;1-9(2)5-6-11-14(19-4)8-13(18)15-12(17)7-10(3)20-16(11)15/h2-3,6-9,12H,1,4-5,10-11,13H2;5,7-8,18H,6H2,1-4H3. The third-order valence-electron chi connectivity index (χ3n) is 6.80. The number of aryl methyl sites for hydroxylation is 1. The lowest BCUT2D eigenvalue weighted by molar-refractivity contribution is -0.126. The Morgan fingerprint density at radius 1 is 1.05 bits per heavy atom. The van der Waals surface area contributed by atoms with Crippen LogP contribution in [0.5, 0.6) is 23.0 Å². The Morgan fingerprint density at radius 2 is 1.80 bits per heavy atom. The lowest BCUT2D eigenvalue weighted by Crippen LogP contribution is -2.34. The Hall–Kier alpha value is -4.46. The highest BCUT2D eigenvalue weighted by atomic mass is 16.7. The van der Waals surface area contributed by atoms with Crippen LogP contribution in [0, 0.1) is 6.92 Å². The normalized spacial score (nSPS) is 14.3. The molecule has 3 heterocycles. The van der Waals surface area contributed by atoms with Crippen LogP contribution in [0.15, 0.2) is 69.4 Å². The van der Waals surface area contributed by atoms with Crippen LogP contribution >= 0.6 is 0 Å². The van der Waals surface area contributed by atoms with E-state index in [2.05, 4.69) is 0 Å². The molecule has 1 N–H and O–H groups in total. The molecule has 2 aliphatic rings. The molecule has 1 amide bonds. The zero-order valence-electron chi connectivity index (χ0n) is 24.1. The summed E-state index contributed by atoms with van der Waals surface area (Å²) in [6.07, 6.45) is 13.3. The van der Waals surface area contributed by atoms with E-state index in [4.69, 9.17) is 18.6 Å². The van der Waals surface area contributed by atoms with Gasteiger partial charge < -0.3 is 28.6 Å². The van der Waals surface area contributed by atoms with E-state index in [-0.39, 0.29) is 29.3 Å². The van der Waals surface area contributed by atoms with Crippen molar-refractivity contribution in [1.82, 2.24) is 4.90 Å². The zero-order valence-corrected chi connectivity index (χ0v) is 24.1. The minimum atomic E-state index is -0.248. The van der Waals surface area contributed by atoms with E-state index in [1.165, 1.54) is 25.7 Å². The number of likely N-dealkylation sites (tertiary alicyclic amines) is 1. The van der Waals surface area contributed by atoms with E-state index in [1.54, 1.807) is 19.1 Å². The van der Waals surface area contributed by atoms with E-state index in [0.717, 1.165) is 54.1 Å². The number of nitrogens with zero attached hydrogens (tertiary/aromatic N) is 1. The van der Waals surface area contributed by atoms with Gasteiger partial charge in [-0.15, -0.1) is 0 Å². The number of phenols is 1. The molecule has 1 aromatic heterocycles. The fraction of sp³-hybridized carbons (Fsp3) is 0.333. The van der Waals surface area contributed by atoms with Gasteiger partial charge in [0.15, 0.2) is 16.9 Å². The van der Waals surface area contributed by atoms with Crippen LogP contribution in [0.4, 0.5) is 0 Å². The summed E-state index contributed by atoms with van der Waals surface area (Å²) in [6.45, 7) is 7.76. The molecule has 0 aliphatic carbocycles. The number of hydrogen-bond acceptors (Lipinski definition) is 7. The number of fused-ring (bicyclic) bond motifs is 2. The summed E-state index contributed by atoms with van der Waals surface area (Å²) in [4.78, 5) is 25.9. The van der Waals surface area contributed by atoms with Crippen LogP contribution in [0.2, 0.25) is 0 Å². The highest BCUT2D eigenvalue weighted by molar-refractivity contribution is 5.88. The van der Waals surface area contributed by atoms with Gasteiger partial charge in [-0.3, -0.25) is 9.59 Å². The molecule has 3 aromatic rings. The molecule has 41 heavy (non-hydrogen) atoms. The number of phenolic OH excluding ortho intramolecular Hbond substituents is 1. The SMILES string of the molecule is COc1cc(O)c2c(=O)cc(C)oc2c1CC=C(C)C.O=C(C=CC=Cc1ccc2c(c1)OCO2)N1CCCCC1. The molecule has 2 aliphatic heterocycles. The number of carbonyl (C=O) groups is 1. The molecule has 0 radical (unpaired) electrons. The number of methoxy groups -OCH3 is 1. The zero-order chi connectivity index (χ0) is 29.4. The maximum Gasteiger partial charge on any atom is 0.246 e. The highest BCUT2D eigenvalue weighted by Crippen LogP contribution is 2.35. The molecular formula is C33H37NO7. The number of piperidine rings is 1. The molecular weight excluding hydrogens is 522 g/mol. The predicted molar refractivity (Wildman–Crippen MR) is 160 cm³/mol. The lowest BCUT2D eigenvalue weighted by atomic mass is 10.0. The molecule has 0 atom stereocenters. The molecule has 8 nitrogen and oxygen atoms in total. The Balaban J connectivity index is 0.000000189. The second-order valence-electron chi connectivity index (χ2n) is 10.2. The molecule has 0 spiro atoms. The summed E-state index contributed by atoms with van der Waals surface area (Å²) < 4.78 is 21.6. The van der Waals surface area contributed by atoms with E-state index >= 15 is 0 Å². The van der Waals surface area contributed by atoms with Crippen molar-refractivity contribution in [2.45, 2.75) is 46.5 Å². The topological polar surface area (TPSA) is 98.4 Å². The average Bonchev–Trinajstić information content (AvgIpc) is 3.43. The highest BCUT2D eigenvalue weighted by Gasteiger charge is 2.17. The summed E-state index contributed by atoms with van der Waals surface area (Å²) in [6, 6.07) is 8.62. The van der Waals surface area contributed by atoms with Crippen LogP contribution in [0.1, 0.15) is 50.0 Å².